The van der Waals surface area contributed by atoms with E-state index in [0.29, 0.717) is 12.3 Å². The van der Waals surface area contributed by atoms with E-state index in [2.05, 4.69) is 26.5 Å². The standard InChI is InChI=1S/C10H20O2S/c1-3-5-6-8(4-2)7-9(13)10(11)12/h8-9,13H,3-7H2,1-2H3,(H,11,12). The van der Waals surface area contributed by atoms with E-state index in [-0.39, 0.29) is 0 Å². The van der Waals surface area contributed by atoms with Crippen molar-refractivity contribution in [3.8, 4) is 0 Å². The first-order valence-corrected chi connectivity index (χ1v) is 5.54. The highest BCUT2D eigenvalue weighted by molar-refractivity contribution is 7.81. The zero-order valence-electron chi connectivity index (χ0n) is 8.49. The molecule has 0 heterocycles. The van der Waals surface area contributed by atoms with Crippen LogP contribution in [0.25, 0.3) is 0 Å². The van der Waals surface area contributed by atoms with Gasteiger partial charge >= 0.3 is 5.97 Å². The lowest BCUT2D eigenvalue weighted by atomic mass is 9.94. The predicted molar refractivity (Wildman–Crippen MR) is 58.3 cm³/mol. The molecule has 1 N–H and O–H groups in total. The fourth-order valence-electron chi connectivity index (χ4n) is 1.40. The van der Waals surface area contributed by atoms with Gasteiger partial charge in [-0.3, -0.25) is 4.79 Å². The molecule has 0 spiro atoms. The Bertz CT molecular complexity index is 148. The van der Waals surface area contributed by atoms with E-state index in [1.807, 2.05) is 0 Å². The van der Waals surface area contributed by atoms with Gasteiger partial charge in [-0.25, -0.2) is 0 Å². The minimum atomic E-state index is -0.793. The summed E-state index contributed by atoms with van der Waals surface area (Å²) < 4.78 is 0. The van der Waals surface area contributed by atoms with Crippen LogP contribution < -0.4 is 0 Å². The van der Waals surface area contributed by atoms with Crippen molar-refractivity contribution in [1.29, 1.82) is 0 Å². The molecule has 0 aromatic heterocycles. The first-order valence-electron chi connectivity index (χ1n) is 5.02. The summed E-state index contributed by atoms with van der Waals surface area (Å²) in [5.74, 6) is -0.267. The molecule has 0 aliphatic carbocycles. The number of hydrogen-bond donors (Lipinski definition) is 2. The summed E-state index contributed by atoms with van der Waals surface area (Å²) >= 11 is 4.04. The van der Waals surface area contributed by atoms with Gasteiger partial charge in [0, 0.05) is 0 Å². The topological polar surface area (TPSA) is 37.3 Å². The fourth-order valence-corrected chi connectivity index (χ4v) is 1.70. The van der Waals surface area contributed by atoms with Crippen LogP contribution in [0.1, 0.15) is 46.0 Å². The highest BCUT2D eigenvalue weighted by atomic mass is 32.1. The summed E-state index contributed by atoms with van der Waals surface area (Å²) in [7, 11) is 0. The predicted octanol–water partition coefficient (Wildman–Crippen LogP) is 2.98. The molecule has 0 aromatic carbocycles. The molecular formula is C10H20O2S. The maximum absolute atomic E-state index is 10.5. The summed E-state index contributed by atoms with van der Waals surface area (Å²) in [4.78, 5) is 10.5. The Labute approximate surface area is 86.1 Å². The Morgan fingerprint density at radius 2 is 2.08 bits per heavy atom. The summed E-state index contributed by atoms with van der Waals surface area (Å²) in [6, 6.07) is 0. The molecular weight excluding hydrogens is 184 g/mol. The minimum Gasteiger partial charge on any atom is -0.480 e. The molecule has 78 valence electrons. The highest BCUT2D eigenvalue weighted by Gasteiger charge is 2.17. The van der Waals surface area contributed by atoms with Crippen LogP contribution in [0.2, 0.25) is 0 Å². The van der Waals surface area contributed by atoms with Gasteiger partial charge in [-0.15, -0.1) is 0 Å². The number of thiol groups is 1. The number of carbonyl (C=O) groups is 1. The largest absolute Gasteiger partial charge is 0.480 e. The Morgan fingerprint density at radius 1 is 1.46 bits per heavy atom. The Balaban J connectivity index is 3.75. The zero-order chi connectivity index (χ0) is 10.3. The lowest BCUT2D eigenvalue weighted by Crippen LogP contribution is -2.17. The second-order valence-electron chi connectivity index (χ2n) is 3.51. The monoisotopic (exact) mass is 204 g/mol. The smallest absolute Gasteiger partial charge is 0.316 e. The molecule has 0 fully saturated rings. The fraction of sp³-hybridized carbons (Fsp3) is 0.900. The second-order valence-corrected chi connectivity index (χ2v) is 4.13. The van der Waals surface area contributed by atoms with Crippen LogP contribution in [0.5, 0.6) is 0 Å². The molecule has 13 heavy (non-hydrogen) atoms. The third-order valence-corrected chi connectivity index (χ3v) is 2.82. The van der Waals surface area contributed by atoms with E-state index in [1.54, 1.807) is 0 Å². The van der Waals surface area contributed by atoms with Crippen molar-refractivity contribution in [3.63, 3.8) is 0 Å². The van der Waals surface area contributed by atoms with Gasteiger partial charge in [0.05, 0.1) is 5.25 Å². The molecule has 2 nitrogen and oxygen atoms in total. The van der Waals surface area contributed by atoms with Gasteiger partial charge in [-0.1, -0.05) is 39.5 Å². The maximum Gasteiger partial charge on any atom is 0.316 e. The maximum atomic E-state index is 10.5. The van der Waals surface area contributed by atoms with Crippen LogP contribution in [0.3, 0.4) is 0 Å². The molecule has 2 atom stereocenters. The summed E-state index contributed by atoms with van der Waals surface area (Å²) in [6.45, 7) is 4.27. The van der Waals surface area contributed by atoms with Gasteiger partial charge in [0.2, 0.25) is 0 Å². The summed E-state index contributed by atoms with van der Waals surface area (Å²) in [5.41, 5.74) is 0. The lowest BCUT2D eigenvalue weighted by Gasteiger charge is -2.15. The molecule has 0 rings (SSSR count). The number of carboxylic acid groups (broad SMARTS) is 1. The molecule has 0 aliphatic rings. The van der Waals surface area contributed by atoms with Crippen LogP contribution in [0.15, 0.2) is 0 Å². The Hall–Kier alpha value is -0.180. The molecule has 0 radical (unpaired) electrons. The van der Waals surface area contributed by atoms with Crippen molar-refractivity contribution in [2.24, 2.45) is 5.92 Å². The van der Waals surface area contributed by atoms with Crippen molar-refractivity contribution in [2.45, 2.75) is 51.2 Å². The number of hydrogen-bond acceptors (Lipinski definition) is 2. The summed E-state index contributed by atoms with van der Waals surface area (Å²) in [5, 5.41) is 8.19. The van der Waals surface area contributed by atoms with Gasteiger partial charge in [-0.2, -0.15) is 12.6 Å². The minimum absolute atomic E-state index is 0.484. The third kappa shape index (κ3) is 5.97. The highest BCUT2D eigenvalue weighted by Crippen LogP contribution is 2.20. The van der Waals surface area contributed by atoms with Gasteiger partial charge in [-0.05, 0) is 12.3 Å². The molecule has 0 amide bonds. The Kier molecular flexibility index (Phi) is 7.14. The number of unbranched alkanes of at least 4 members (excludes halogenated alkanes) is 1. The number of carboxylic acids is 1. The van der Waals surface area contributed by atoms with E-state index in [1.165, 1.54) is 12.8 Å². The Morgan fingerprint density at radius 3 is 2.46 bits per heavy atom. The summed E-state index contributed by atoms with van der Waals surface area (Å²) in [6.07, 6.45) is 5.27. The van der Waals surface area contributed by atoms with Crippen molar-refractivity contribution < 1.29 is 9.90 Å². The van der Waals surface area contributed by atoms with E-state index < -0.39 is 11.2 Å². The van der Waals surface area contributed by atoms with Gasteiger partial charge in [0.15, 0.2) is 0 Å². The van der Waals surface area contributed by atoms with Crippen molar-refractivity contribution in [2.75, 3.05) is 0 Å². The molecule has 2 unspecified atom stereocenters. The quantitative estimate of drug-likeness (QED) is 0.626. The first kappa shape index (κ1) is 12.8. The van der Waals surface area contributed by atoms with Crippen molar-refractivity contribution >= 4 is 18.6 Å². The number of aliphatic carboxylic acids is 1. The average Bonchev–Trinajstić information content (AvgIpc) is 2.11. The van der Waals surface area contributed by atoms with Crippen LogP contribution in [-0.4, -0.2) is 16.3 Å². The van der Waals surface area contributed by atoms with Gasteiger partial charge < -0.3 is 5.11 Å². The average molecular weight is 204 g/mol. The van der Waals surface area contributed by atoms with Crippen LogP contribution in [0.4, 0.5) is 0 Å². The third-order valence-electron chi connectivity index (χ3n) is 2.38. The van der Waals surface area contributed by atoms with Crippen LogP contribution >= 0.6 is 12.6 Å². The van der Waals surface area contributed by atoms with Gasteiger partial charge in [0.25, 0.3) is 0 Å². The normalized spacial score (nSPS) is 15.3. The van der Waals surface area contributed by atoms with Crippen molar-refractivity contribution in [3.05, 3.63) is 0 Å². The molecule has 0 aromatic rings. The van der Waals surface area contributed by atoms with Crippen LogP contribution in [-0.2, 0) is 4.79 Å². The SMILES string of the molecule is CCCCC(CC)CC(S)C(=O)O. The second kappa shape index (κ2) is 7.25. The number of rotatable bonds is 7. The van der Waals surface area contributed by atoms with E-state index >= 15 is 0 Å². The van der Waals surface area contributed by atoms with Crippen LogP contribution in [0, 0.1) is 5.92 Å². The zero-order valence-corrected chi connectivity index (χ0v) is 9.39. The molecule has 0 aliphatic heterocycles. The lowest BCUT2D eigenvalue weighted by molar-refractivity contribution is -0.136. The molecule has 0 saturated carbocycles. The van der Waals surface area contributed by atoms with E-state index in [0.717, 1.165) is 12.8 Å². The van der Waals surface area contributed by atoms with E-state index in [4.69, 9.17) is 5.11 Å². The first-order chi connectivity index (χ1) is 6.11. The molecule has 3 heteroatoms. The van der Waals surface area contributed by atoms with Gasteiger partial charge in [0.1, 0.15) is 0 Å². The molecule has 0 bridgehead atoms. The van der Waals surface area contributed by atoms with Crippen molar-refractivity contribution in [1.82, 2.24) is 0 Å². The molecule has 0 saturated heterocycles. The van der Waals surface area contributed by atoms with E-state index in [9.17, 15) is 4.79 Å².